The lowest BCUT2D eigenvalue weighted by molar-refractivity contribution is 0.102. The van der Waals surface area contributed by atoms with Gasteiger partial charge in [-0.3, -0.25) is 4.79 Å². The van der Waals surface area contributed by atoms with Crippen molar-refractivity contribution in [2.75, 3.05) is 69.0 Å². The Hall–Kier alpha value is -2.71. The van der Waals surface area contributed by atoms with E-state index in [0.717, 1.165) is 37.6 Å². The van der Waals surface area contributed by atoms with Crippen molar-refractivity contribution in [3.8, 4) is 0 Å². The Morgan fingerprint density at radius 1 is 1.21 bits per heavy atom. The van der Waals surface area contributed by atoms with Crippen LogP contribution in [0.15, 0.2) is 30.3 Å². The van der Waals surface area contributed by atoms with Gasteiger partial charge in [0.25, 0.3) is 5.91 Å². The predicted molar refractivity (Wildman–Crippen MR) is 111 cm³/mol. The minimum absolute atomic E-state index is 0.248. The summed E-state index contributed by atoms with van der Waals surface area (Å²) in [6.45, 7) is 6.39. The van der Waals surface area contributed by atoms with E-state index in [9.17, 15) is 4.79 Å². The number of aromatic nitrogens is 2. The second kappa shape index (κ2) is 9.48. The number of anilines is 3. The summed E-state index contributed by atoms with van der Waals surface area (Å²) in [4.78, 5) is 25.8. The highest BCUT2D eigenvalue weighted by Crippen LogP contribution is 2.26. The Balaban J connectivity index is 1.73. The minimum atomic E-state index is -0.248. The fraction of sp³-hybridized carbons (Fsp3) is 0.450. The van der Waals surface area contributed by atoms with Crippen LogP contribution in [0.1, 0.15) is 16.3 Å². The summed E-state index contributed by atoms with van der Waals surface area (Å²) in [6.07, 6.45) is 0. The molecule has 1 fully saturated rings. The lowest BCUT2D eigenvalue weighted by Crippen LogP contribution is -2.36. The summed E-state index contributed by atoms with van der Waals surface area (Å²) in [7, 11) is 4.02. The van der Waals surface area contributed by atoms with Crippen molar-refractivity contribution in [1.82, 2.24) is 14.9 Å². The third kappa shape index (κ3) is 5.40. The number of aryl methyl sites for hydroxylation is 1. The van der Waals surface area contributed by atoms with Gasteiger partial charge >= 0.3 is 0 Å². The molecule has 1 aliphatic heterocycles. The minimum Gasteiger partial charge on any atom is -0.378 e. The summed E-state index contributed by atoms with van der Waals surface area (Å²) < 4.78 is 5.43. The van der Waals surface area contributed by atoms with Crippen LogP contribution in [-0.4, -0.2) is 74.3 Å². The molecule has 1 aromatic carbocycles. The molecule has 8 heteroatoms. The van der Waals surface area contributed by atoms with Gasteiger partial charge in [0.15, 0.2) is 0 Å². The lowest BCUT2D eigenvalue weighted by Gasteiger charge is -2.30. The summed E-state index contributed by atoms with van der Waals surface area (Å²) in [5.41, 5.74) is 2.11. The van der Waals surface area contributed by atoms with E-state index in [0.29, 0.717) is 30.5 Å². The zero-order chi connectivity index (χ0) is 19.9. The molecule has 0 radical (unpaired) electrons. The van der Waals surface area contributed by atoms with E-state index in [2.05, 4.69) is 30.4 Å². The molecule has 1 aromatic heterocycles. The largest absolute Gasteiger partial charge is 0.378 e. The average Bonchev–Trinajstić information content (AvgIpc) is 2.68. The van der Waals surface area contributed by atoms with Crippen LogP contribution in [0.2, 0.25) is 0 Å². The second-order valence-electron chi connectivity index (χ2n) is 6.99. The molecule has 0 saturated carbocycles. The van der Waals surface area contributed by atoms with Crippen molar-refractivity contribution in [2.24, 2.45) is 0 Å². The molecule has 1 saturated heterocycles. The molecule has 0 spiro atoms. The van der Waals surface area contributed by atoms with E-state index in [4.69, 9.17) is 4.74 Å². The molecule has 8 nitrogen and oxygen atoms in total. The van der Waals surface area contributed by atoms with Gasteiger partial charge in [0, 0.05) is 32.2 Å². The topological polar surface area (TPSA) is 82.6 Å². The molecule has 3 rings (SSSR count). The molecule has 1 amide bonds. The number of rotatable bonds is 7. The number of hydrogen-bond acceptors (Lipinski definition) is 7. The highest BCUT2D eigenvalue weighted by Gasteiger charge is 2.17. The van der Waals surface area contributed by atoms with E-state index in [-0.39, 0.29) is 5.91 Å². The molecule has 2 aromatic rings. The number of carbonyl (C=O) groups excluding carboxylic acids is 1. The Morgan fingerprint density at radius 3 is 2.71 bits per heavy atom. The second-order valence-corrected chi connectivity index (χ2v) is 6.99. The van der Waals surface area contributed by atoms with Crippen molar-refractivity contribution >= 4 is 23.1 Å². The first kappa shape index (κ1) is 20.0. The number of carbonyl (C=O) groups is 1. The Kier molecular flexibility index (Phi) is 6.78. The van der Waals surface area contributed by atoms with Gasteiger partial charge in [0.05, 0.1) is 24.6 Å². The number of benzene rings is 1. The van der Waals surface area contributed by atoms with Gasteiger partial charge in [0.1, 0.15) is 17.3 Å². The SMILES string of the molecule is Cc1nc(NCCN(C)C)cc(C(=O)Nc2ccccc2N2CCOCC2)n1. The van der Waals surface area contributed by atoms with Crippen molar-refractivity contribution in [3.63, 3.8) is 0 Å². The van der Waals surface area contributed by atoms with E-state index in [1.54, 1.807) is 13.0 Å². The van der Waals surface area contributed by atoms with E-state index in [1.807, 2.05) is 38.4 Å². The summed E-state index contributed by atoms with van der Waals surface area (Å²) in [6, 6.07) is 9.50. The molecule has 1 aliphatic rings. The lowest BCUT2D eigenvalue weighted by atomic mass is 10.2. The monoisotopic (exact) mass is 384 g/mol. The van der Waals surface area contributed by atoms with E-state index in [1.165, 1.54) is 0 Å². The number of nitrogens with zero attached hydrogens (tertiary/aromatic N) is 4. The first-order chi connectivity index (χ1) is 13.5. The van der Waals surface area contributed by atoms with Crippen LogP contribution in [0.3, 0.4) is 0 Å². The zero-order valence-electron chi connectivity index (χ0n) is 16.7. The van der Waals surface area contributed by atoms with Crippen LogP contribution in [0.25, 0.3) is 0 Å². The van der Waals surface area contributed by atoms with Gasteiger partial charge in [0.2, 0.25) is 0 Å². The van der Waals surface area contributed by atoms with Gasteiger partial charge in [-0.15, -0.1) is 0 Å². The van der Waals surface area contributed by atoms with Crippen LogP contribution < -0.4 is 15.5 Å². The maximum absolute atomic E-state index is 12.9. The number of para-hydroxylation sites is 2. The first-order valence-corrected chi connectivity index (χ1v) is 9.50. The molecule has 2 heterocycles. The van der Waals surface area contributed by atoms with Crippen LogP contribution >= 0.6 is 0 Å². The number of morpholine rings is 1. The van der Waals surface area contributed by atoms with Crippen molar-refractivity contribution in [2.45, 2.75) is 6.92 Å². The van der Waals surface area contributed by atoms with E-state index < -0.39 is 0 Å². The standard InChI is InChI=1S/C20H28N6O2/c1-15-22-17(14-19(23-15)21-8-9-25(2)3)20(27)24-16-6-4-5-7-18(16)26-10-12-28-13-11-26/h4-7,14H,8-13H2,1-3H3,(H,24,27)(H,21,22,23). The first-order valence-electron chi connectivity index (χ1n) is 9.50. The molecule has 0 atom stereocenters. The Bertz CT molecular complexity index is 805. The fourth-order valence-corrected chi connectivity index (χ4v) is 3.03. The highest BCUT2D eigenvalue weighted by atomic mass is 16.5. The molecule has 0 bridgehead atoms. The molecular formula is C20H28N6O2. The van der Waals surface area contributed by atoms with Gasteiger partial charge in [-0.05, 0) is 33.2 Å². The number of ether oxygens (including phenoxy) is 1. The summed E-state index contributed by atoms with van der Waals surface area (Å²) in [5, 5.41) is 6.25. The number of nitrogens with one attached hydrogen (secondary N) is 2. The molecular weight excluding hydrogens is 356 g/mol. The van der Waals surface area contributed by atoms with Gasteiger partial charge in [-0.2, -0.15) is 0 Å². The predicted octanol–water partition coefficient (Wildman–Crippen LogP) is 1.85. The number of likely N-dealkylation sites (N-methyl/N-ethyl adjacent to an activating group) is 1. The Morgan fingerprint density at radius 2 is 1.96 bits per heavy atom. The van der Waals surface area contributed by atoms with Crippen molar-refractivity contribution < 1.29 is 9.53 Å². The summed E-state index contributed by atoms with van der Waals surface area (Å²) in [5.74, 6) is 0.962. The maximum Gasteiger partial charge on any atom is 0.274 e. The van der Waals surface area contributed by atoms with Crippen LogP contribution in [0.5, 0.6) is 0 Å². The number of hydrogen-bond donors (Lipinski definition) is 2. The van der Waals surface area contributed by atoms with Crippen LogP contribution in [0.4, 0.5) is 17.2 Å². The molecule has 28 heavy (non-hydrogen) atoms. The Labute approximate surface area is 165 Å². The fourth-order valence-electron chi connectivity index (χ4n) is 3.03. The zero-order valence-corrected chi connectivity index (χ0v) is 16.7. The highest BCUT2D eigenvalue weighted by molar-refractivity contribution is 6.05. The quantitative estimate of drug-likeness (QED) is 0.754. The normalized spacial score (nSPS) is 14.2. The van der Waals surface area contributed by atoms with Crippen LogP contribution in [0, 0.1) is 6.92 Å². The number of amides is 1. The van der Waals surface area contributed by atoms with E-state index >= 15 is 0 Å². The van der Waals surface area contributed by atoms with Crippen molar-refractivity contribution in [3.05, 3.63) is 41.9 Å². The van der Waals surface area contributed by atoms with Gasteiger partial charge in [-0.1, -0.05) is 12.1 Å². The van der Waals surface area contributed by atoms with Crippen LogP contribution in [-0.2, 0) is 4.74 Å². The summed E-state index contributed by atoms with van der Waals surface area (Å²) >= 11 is 0. The van der Waals surface area contributed by atoms with Crippen molar-refractivity contribution in [1.29, 1.82) is 0 Å². The van der Waals surface area contributed by atoms with Gasteiger partial charge < -0.3 is 25.2 Å². The molecule has 2 N–H and O–H groups in total. The maximum atomic E-state index is 12.9. The third-order valence-corrected chi connectivity index (χ3v) is 4.44. The van der Waals surface area contributed by atoms with Gasteiger partial charge in [-0.25, -0.2) is 9.97 Å². The third-order valence-electron chi connectivity index (χ3n) is 4.44. The smallest absolute Gasteiger partial charge is 0.274 e. The average molecular weight is 384 g/mol. The molecule has 150 valence electrons. The molecule has 0 unspecified atom stereocenters. The molecule has 0 aliphatic carbocycles.